The third kappa shape index (κ3) is 3.54. The van der Waals surface area contributed by atoms with E-state index in [1.807, 2.05) is 48.5 Å². The number of hydrogen-bond acceptors (Lipinski definition) is 6. The predicted octanol–water partition coefficient (Wildman–Crippen LogP) is 2.60. The van der Waals surface area contributed by atoms with Gasteiger partial charge in [-0.3, -0.25) is 14.6 Å². The first kappa shape index (κ1) is 17.3. The lowest BCUT2D eigenvalue weighted by atomic mass is 10.1. The zero-order chi connectivity index (χ0) is 19.7. The number of nitrogens with two attached hydrogens (primary N) is 1. The van der Waals surface area contributed by atoms with Crippen LogP contribution < -0.4 is 21.9 Å². The summed E-state index contributed by atoms with van der Waals surface area (Å²) in [5, 5.41) is 5.84. The molecule has 0 aliphatic rings. The number of aromatic amines is 2. The van der Waals surface area contributed by atoms with Crippen LogP contribution in [0.4, 0.5) is 23.3 Å². The Hall–Kier alpha value is -4.14. The predicted molar refractivity (Wildman–Crippen MR) is 108 cm³/mol. The van der Waals surface area contributed by atoms with Gasteiger partial charge in [-0.05, 0) is 35.4 Å². The van der Waals surface area contributed by atoms with E-state index in [0.717, 1.165) is 22.5 Å². The fourth-order valence-corrected chi connectivity index (χ4v) is 2.82. The van der Waals surface area contributed by atoms with Crippen molar-refractivity contribution in [3.05, 3.63) is 58.9 Å². The molecule has 2 heterocycles. The van der Waals surface area contributed by atoms with Gasteiger partial charge < -0.3 is 21.4 Å². The van der Waals surface area contributed by atoms with E-state index in [9.17, 15) is 9.59 Å². The zero-order valence-corrected chi connectivity index (χ0v) is 14.9. The Morgan fingerprint density at radius 2 is 1.54 bits per heavy atom. The molecule has 2 aromatic carbocycles. The van der Waals surface area contributed by atoms with Crippen molar-refractivity contribution in [3.63, 3.8) is 0 Å². The Labute approximate surface area is 159 Å². The topological polar surface area (TPSA) is 142 Å². The summed E-state index contributed by atoms with van der Waals surface area (Å²) in [4.78, 5) is 36.5. The summed E-state index contributed by atoms with van der Waals surface area (Å²) in [6.45, 7) is 1.47. The van der Waals surface area contributed by atoms with Crippen molar-refractivity contribution >= 4 is 40.3 Å². The van der Waals surface area contributed by atoms with Gasteiger partial charge in [0.1, 0.15) is 0 Å². The molecule has 140 valence electrons. The normalized spacial score (nSPS) is 10.8. The number of carbonyl (C=O) groups is 1. The second-order valence-corrected chi connectivity index (χ2v) is 6.20. The second kappa shape index (κ2) is 6.88. The number of hydrogen-bond donors (Lipinski definition) is 5. The lowest BCUT2D eigenvalue weighted by Gasteiger charge is -2.07. The molecule has 28 heavy (non-hydrogen) atoms. The second-order valence-electron chi connectivity index (χ2n) is 6.20. The highest BCUT2D eigenvalue weighted by Crippen LogP contribution is 2.24. The van der Waals surface area contributed by atoms with Gasteiger partial charge in [0.2, 0.25) is 17.8 Å². The van der Waals surface area contributed by atoms with Crippen molar-refractivity contribution in [1.29, 1.82) is 0 Å². The molecule has 0 spiro atoms. The maximum atomic E-state index is 11.9. The van der Waals surface area contributed by atoms with E-state index in [1.165, 1.54) is 6.92 Å². The van der Waals surface area contributed by atoms with Crippen LogP contribution in [0.1, 0.15) is 6.92 Å². The van der Waals surface area contributed by atoms with E-state index < -0.39 is 0 Å². The Morgan fingerprint density at radius 3 is 2.14 bits per heavy atom. The summed E-state index contributed by atoms with van der Waals surface area (Å²) in [5.74, 6) is 0.309. The first-order valence-electron chi connectivity index (χ1n) is 8.48. The third-order valence-electron chi connectivity index (χ3n) is 4.07. The number of imidazole rings is 1. The average molecular weight is 375 g/mol. The van der Waals surface area contributed by atoms with Crippen molar-refractivity contribution < 1.29 is 4.79 Å². The Morgan fingerprint density at radius 1 is 0.929 bits per heavy atom. The van der Waals surface area contributed by atoms with E-state index >= 15 is 0 Å². The molecule has 0 radical (unpaired) electrons. The van der Waals surface area contributed by atoms with Gasteiger partial charge in [-0.2, -0.15) is 9.97 Å². The molecular weight excluding hydrogens is 358 g/mol. The molecule has 1 amide bonds. The van der Waals surface area contributed by atoms with Crippen LogP contribution in [0, 0.1) is 0 Å². The zero-order valence-electron chi connectivity index (χ0n) is 14.9. The summed E-state index contributed by atoms with van der Waals surface area (Å²) in [5.41, 5.74) is 9.26. The fraction of sp³-hybridized carbons (Fsp3) is 0.0526. The molecule has 0 atom stereocenters. The first-order chi connectivity index (χ1) is 13.5. The Kier molecular flexibility index (Phi) is 4.24. The molecule has 9 nitrogen and oxygen atoms in total. The van der Waals surface area contributed by atoms with Crippen molar-refractivity contribution in [1.82, 2.24) is 19.9 Å². The van der Waals surface area contributed by atoms with E-state index in [2.05, 4.69) is 30.6 Å². The number of rotatable bonds is 4. The first-order valence-corrected chi connectivity index (χ1v) is 8.48. The van der Waals surface area contributed by atoms with Crippen LogP contribution in [0.25, 0.3) is 22.3 Å². The SMILES string of the molecule is CC(=O)Nc1ccc(-c2ccc(Nc3nc4nc(N)[nH]c(=O)c4[nH]3)cc2)cc1. The molecule has 4 aromatic rings. The van der Waals surface area contributed by atoms with Gasteiger partial charge in [0.15, 0.2) is 11.2 Å². The van der Waals surface area contributed by atoms with E-state index in [4.69, 9.17) is 5.73 Å². The highest BCUT2D eigenvalue weighted by Gasteiger charge is 2.09. The molecule has 0 aliphatic carbocycles. The standard InChI is InChI=1S/C19H17N7O2/c1-10(27)21-13-6-2-11(3-7-13)12-4-8-14(9-5-12)22-19-23-15-16(25-19)24-18(20)26-17(15)28/h2-9H,1H3,(H,21,27)(H5,20,22,23,24,25,26,28). The maximum absolute atomic E-state index is 11.9. The number of anilines is 4. The molecule has 0 unspecified atom stereocenters. The Bertz CT molecular complexity index is 1210. The third-order valence-corrected chi connectivity index (χ3v) is 4.07. The van der Waals surface area contributed by atoms with Crippen molar-refractivity contribution in [3.8, 4) is 11.1 Å². The van der Waals surface area contributed by atoms with Crippen LogP contribution in [0.5, 0.6) is 0 Å². The lowest BCUT2D eigenvalue weighted by Crippen LogP contribution is -2.10. The molecule has 0 saturated heterocycles. The number of carbonyl (C=O) groups excluding carboxylic acids is 1. The van der Waals surface area contributed by atoms with Gasteiger partial charge >= 0.3 is 0 Å². The number of benzene rings is 2. The smallest absolute Gasteiger partial charge is 0.278 e. The lowest BCUT2D eigenvalue weighted by molar-refractivity contribution is -0.114. The molecule has 6 N–H and O–H groups in total. The molecule has 0 bridgehead atoms. The number of nitrogens with one attached hydrogen (secondary N) is 4. The van der Waals surface area contributed by atoms with Crippen molar-refractivity contribution in [2.45, 2.75) is 6.92 Å². The molecule has 4 rings (SSSR count). The highest BCUT2D eigenvalue weighted by molar-refractivity contribution is 5.89. The summed E-state index contributed by atoms with van der Waals surface area (Å²) in [6, 6.07) is 15.3. The van der Waals surface area contributed by atoms with Gasteiger partial charge in [-0.25, -0.2) is 0 Å². The van der Waals surface area contributed by atoms with Gasteiger partial charge in [0.25, 0.3) is 5.56 Å². The highest BCUT2D eigenvalue weighted by atomic mass is 16.1. The van der Waals surface area contributed by atoms with Crippen molar-refractivity contribution in [2.75, 3.05) is 16.4 Å². The number of H-pyrrole nitrogens is 2. The van der Waals surface area contributed by atoms with E-state index in [1.54, 1.807) is 0 Å². The van der Waals surface area contributed by atoms with Gasteiger partial charge in [-0.1, -0.05) is 24.3 Å². The number of aromatic nitrogens is 4. The molecule has 0 saturated carbocycles. The monoisotopic (exact) mass is 375 g/mol. The van der Waals surface area contributed by atoms with E-state index in [0.29, 0.717) is 5.95 Å². The van der Waals surface area contributed by atoms with Crippen LogP contribution in [-0.2, 0) is 4.79 Å². The minimum absolute atomic E-state index is 0.0180. The maximum Gasteiger partial charge on any atom is 0.278 e. The van der Waals surface area contributed by atoms with Gasteiger partial charge in [0.05, 0.1) is 0 Å². The minimum atomic E-state index is -0.374. The molecule has 9 heteroatoms. The summed E-state index contributed by atoms with van der Waals surface area (Å²) in [7, 11) is 0. The van der Waals surface area contributed by atoms with Gasteiger partial charge in [-0.15, -0.1) is 0 Å². The summed E-state index contributed by atoms with van der Waals surface area (Å²) < 4.78 is 0. The number of nitrogens with zero attached hydrogens (tertiary/aromatic N) is 2. The molecule has 0 aliphatic heterocycles. The summed E-state index contributed by atoms with van der Waals surface area (Å²) in [6.07, 6.45) is 0. The van der Waals surface area contributed by atoms with Gasteiger partial charge in [0, 0.05) is 18.3 Å². The molecule has 0 fully saturated rings. The Balaban J connectivity index is 1.53. The van der Waals surface area contributed by atoms with Crippen LogP contribution in [0.3, 0.4) is 0 Å². The summed E-state index contributed by atoms with van der Waals surface area (Å²) >= 11 is 0. The van der Waals surface area contributed by atoms with Crippen LogP contribution >= 0.6 is 0 Å². The minimum Gasteiger partial charge on any atom is -0.369 e. The van der Waals surface area contributed by atoms with Crippen LogP contribution in [-0.4, -0.2) is 25.8 Å². The quantitative estimate of drug-likeness (QED) is 0.371. The van der Waals surface area contributed by atoms with Crippen LogP contribution in [0.15, 0.2) is 53.3 Å². The molecular formula is C19H17N7O2. The average Bonchev–Trinajstić information content (AvgIpc) is 3.05. The number of amides is 1. The molecule has 2 aromatic heterocycles. The van der Waals surface area contributed by atoms with E-state index in [-0.39, 0.29) is 28.6 Å². The van der Waals surface area contributed by atoms with Crippen LogP contribution in [0.2, 0.25) is 0 Å². The fourth-order valence-electron chi connectivity index (χ4n) is 2.82. The number of nitrogen functional groups attached to an aromatic ring is 1. The van der Waals surface area contributed by atoms with Crippen molar-refractivity contribution in [2.24, 2.45) is 0 Å². The largest absolute Gasteiger partial charge is 0.369 e. The number of fused-ring (bicyclic) bond motifs is 1.